The summed E-state index contributed by atoms with van der Waals surface area (Å²) in [5, 5.41) is 8.77. The van der Waals surface area contributed by atoms with Crippen LogP contribution in [0, 0.1) is 17.1 Å². The molecule has 5 heteroatoms. The first-order valence-corrected chi connectivity index (χ1v) is 5.94. The maximum absolute atomic E-state index is 13.6. The van der Waals surface area contributed by atoms with Crippen LogP contribution in [0.1, 0.15) is 11.1 Å². The van der Waals surface area contributed by atoms with Crippen molar-refractivity contribution in [2.45, 2.75) is 6.54 Å². The Balaban J connectivity index is 2.43. The molecule has 0 unspecified atom stereocenters. The Morgan fingerprint density at radius 3 is 2.83 bits per heavy atom. The van der Waals surface area contributed by atoms with E-state index in [0.717, 1.165) is 4.47 Å². The summed E-state index contributed by atoms with van der Waals surface area (Å²) in [5.41, 5.74) is 0.462. The highest BCUT2D eigenvalue weighted by molar-refractivity contribution is 9.10. The summed E-state index contributed by atoms with van der Waals surface area (Å²) in [6.45, 7) is 0.0969. The smallest absolute Gasteiger partial charge is 0.250 e. The molecule has 18 heavy (non-hydrogen) atoms. The van der Waals surface area contributed by atoms with E-state index in [2.05, 4.69) is 15.9 Å². The van der Waals surface area contributed by atoms with Gasteiger partial charge in [0.05, 0.1) is 18.2 Å². The van der Waals surface area contributed by atoms with Gasteiger partial charge in [0.15, 0.2) is 0 Å². The van der Waals surface area contributed by atoms with Crippen LogP contribution >= 0.6 is 15.9 Å². The van der Waals surface area contributed by atoms with E-state index in [4.69, 9.17) is 5.26 Å². The van der Waals surface area contributed by atoms with Crippen molar-refractivity contribution in [3.8, 4) is 6.07 Å². The summed E-state index contributed by atoms with van der Waals surface area (Å²) in [5.74, 6) is -0.430. The van der Waals surface area contributed by atoms with Crippen molar-refractivity contribution in [3.63, 3.8) is 0 Å². The molecule has 1 aromatic heterocycles. The zero-order valence-electron chi connectivity index (χ0n) is 9.23. The third-order valence-corrected chi connectivity index (χ3v) is 2.93. The molecule has 0 aliphatic heterocycles. The second-order valence-electron chi connectivity index (χ2n) is 3.73. The second kappa shape index (κ2) is 5.15. The first kappa shape index (κ1) is 12.5. The van der Waals surface area contributed by atoms with Crippen molar-refractivity contribution in [1.29, 1.82) is 5.26 Å². The molecule has 1 aromatic carbocycles. The van der Waals surface area contributed by atoms with Crippen LogP contribution in [0.3, 0.4) is 0 Å². The number of nitriles is 1. The summed E-state index contributed by atoms with van der Waals surface area (Å²) in [6, 6.07) is 9.05. The molecule has 0 aliphatic rings. The van der Waals surface area contributed by atoms with Crippen LogP contribution in [0.4, 0.5) is 4.39 Å². The van der Waals surface area contributed by atoms with Gasteiger partial charge in [-0.1, -0.05) is 0 Å². The van der Waals surface area contributed by atoms with Gasteiger partial charge in [0.2, 0.25) is 0 Å². The molecule has 0 saturated carbocycles. The highest BCUT2D eigenvalue weighted by Crippen LogP contribution is 2.12. The lowest BCUT2D eigenvalue weighted by Crippen LogP contribution is -2.19. The third-order valence-electron chi connectivity index (χ3n) is 2.46. The Labute approximate surface area is 111 Å². The van der Waals surface area contributed by atoms with Gasteiger partial charge in [-0.3, -0.25) is 4.79 Å². The summed E-state index contributed by atoms with van der Waals surface area (Å²) in [6.07, 6.45) is 1.58. The minimum absolute atomic E-state index is 0.0969. The topological polar surface area (TPSA) is 45.8 Å². The molecule has 0 atom stereocenters. The zero-order valence-corrected chi connectivity index (χ0v) is 10.8. The molecule has 90 valence electrons. The van der Waals surface area contributed by atoms with E-state index in [1.54, 1.807) is 12.3 Å². The molecule has 0 spiro atoms. The van der Waals surface area contributed by atoms with Gasteiger partial charge in [-0.15, -0.1) is 0 Å². The number of aromatic nitrogens is 1. The molecule has 0 amide bonds. The van der Waals surface area contributed by atoms with Gasteiger partial charge in [-0.25, -0.2) is 4.39 Å². The number of benzene rings is 1. The van der Waals surface area contributed by atoms with Gasteiger partial charge in [0.25, 0.3) is 5.56 Å². The van der Waals surface area contributed by atoms with Crippen molar-refractivity contribution < 1.29 is 4.39 Å². The highest BCUT2D eigenvalue weighted by atomic mass is 79.9. The van der Waals surface area contributed by atoms with E-state index in [9.17, 15) is 9.18 Å². The standard InChI is InChI=1S/C13H8BrFN2O/c14-11-2-4-13(18)17(8-11)7-10-5-9(6-16)1-3-12(10)15/h1-5,8H,7H2. The number of rotatable bonds is 2. The lowest BCUT2D eigenvalue weighted by atomic mass is 10.1. The van der Waals surface area contributed by atoms with Crippen molar-refractivity contribution >= 4 is 15.9 Å². The number of nitrogens with zero attached hydrogens (tertiary/aromatic N) is 2. The van der Waals surface area contributed by atoms with E-state index < -0.39 is 5.82 Å². The Kier molecular flexibility index (Phi) is 3.58. The monoisotopic (exact) mass is 306 g/mol. The van der Waals surface area contributed by atoms with Crippen LogP contribution in [0.2, 0.25) is 0 Å². The van der Waals surface area contributed by atoms with E-state index in [1.807, 2.05) is 6.07 Å². The molecule has 0 fully saturated rings. The second-order valence-corrected chi connectivity index (χ2v) is 4.65. The molecule has 2 rings (SSSR count). The summed E-state index contributed by atoms with van der Waals surface area (Å²) in [7, 11) is 0. The molecule has 3 nitrogen and oxygen atoms in total. The predicted octanol–water partition coefficient (Wildman–Crippen LogP) is 2.67. The van der Waals surface area contributed by atoms with Crippen molar-refractivity contribution in [3.05, 3.63) is 68.3 Å². The molecule has 0 saturated heterocycles. The van der Waals surface area contributed by atoms with E-state index in [1.165, 1.54) is 28.8 Å². The lowest BCUT2D eigenvalue weighted by molar-refractivity contribution is 0.595. The fourth-order valence-corrected chi connectivity index (χ4v) is 1.95. The largest absolute Gasteiger partial charge is 0.310 e. The molecule has 2 aromatic rings. The third kappa shape index (κ3) is 2.66. The minimum Gasteiger partial charge on any atom is -0.310 e. The fourth-order valence-electron chi connectivity index (χ4n) is 1.57. The lowest BCUT2D eigenvalue weighted by Gasteiger charge is -2.07. The molecule has 0 N–H and O–H groups in total. The molecule has 1 heterocycles. The van der Waals surface area contributed by atoms with Gasteiger partial charge in [0.1, 0.15) is 5.82 Å². The average molecular weight is 307 g/mol. The Morgan fingerprint density at radius 1 is 1.33 bits per heavy atom. The fraction of sp³-hybridized carbons (Fsp3) is 0.0769. The van der Waals surface area contributed by atoms with Gasteiger partial charge >= 0.3 is 0 Å². The summed E-state index contributed by atoms with van der Waals surface area (Å²) < 4.78 is 15.7. The summed E-state index contributed by atoms with van der Waals surface area (Å²) >= 11 is 3.25. The predicted molar refractivity (Wildman–Crippen MR) is 68.6 cm³/mol. The van der Waals surface area contributed by atoms with E-state index >= 15 is 0 Å². The average Bonchev–Trinajstić information content (AvgIpc) is 2.36. The maximum atomic E-state index is 13.6. The minimum atomic E-state index is -0.430. The molecular weight excluding hydrogens is 299 g/mol. The van der Waals surface area contributed by atoms with Gasteiger partial charge < -0.3 is 4.57 Å². The maximum Gasteiger partial charge on any atom is 0.250 e. The van der Waals surface area contributed by atoms with Gasteiger partial charge in [-0.2, -0.15) is 5.26 Å². The number of hydrogen-bond donors (Lipinski definition) is 0. The first-order valence-electron chi connectivity index (χ1n) is 5.14. The first-order chi connectivity index (χ1) is 8.60. The van der Waals surface area contributed by atoms with E-state index in [-0.39, 0.29) is 12.1 Å². The Morgan fingerprint density at radius 2 is 2.11 bits per heavy atom. The molecular formula is C13H8BrFN2O. The van der Waals surface area contributed by atoms with Crippen molar-refractivity contribution in [2.24, 2.45) is 0 Å². The van der Waals surface area contributed by atoms with Crippen molar-refractivity contribution in [2.75, 3.05) is 0 Å². The zero-order chi connectivity index (χ0) is 13.1. The van der Waals surface area contributed by atoms with E-state index in [0.29, 0.717) is 11.1 Å². The van der Waals surface area contributed by atoms with Crippen LogP contribution in [0.25, 0.3) is 0 Å². The normalized spacial score (nSPS) is 10.1. The van der Waals surface area contributed by atoms with Crippen LogP contribution in [-0.4, -0.2) is 4.57 Å². The molecule has 0 aliphatic carbocycles. The van der Waals surface area contributed by atoms with Crippen LogP contribution in [0.15, 0.2) is 45.8 Å². The molecule has 0 bridgehead atoms. The van der Waals surface area contributed by atoms with Crippen LogP contribution in [0.5, 0.6) is 0 Å². The number of hydrogen-bond acceptors (Lipinski definition) is 2. The van der Waals surface area contributed by atoms with Crippen molar-refractivity contribution in [1.82, 2.24) is 4.57 Å². The van der Waals surface area contributed by atoms with Gasteiger partial charge in [-0.05, 0) is 40.2 Å². The SMILES string of the molecule is N#Cc1ccc(F)c(Cn2cc(Br)ccc2=O)c1. The summed E-state index contributed by atoms with van der Waals surface area (Å²) in [4.78, 5) is 11.6. The van der Waals surface area contributed by atoms with Crippen LogP contribution in [-0.2, 0) is 6.54 Å². The molecule has 0 radical (unpaired) electrons. The Hall–Kier alpha value is -1.93. The highest BCUT2D eigenvalue weighted by Gasteiger charge is 2.06. The van der Waals surface area contributed by atoms with Gasteiger partial charge in [0, 0.05) is 22.3 Å². The quantitative estimate of drug-likeness (QED) is 0.856. The Bertz CT molecular complexity index is 688. The number of halogens is 2. The van der Waals surface area contributed by atoms with Crippen LogP contribution < -0.4 is 5.56 Å². The number of pyridine rings is 1.